The fraction of sp³-hybridized carbons (Fsp3) is 0.714. The maximum absolute atomic E-state index is 11.4. The highest BCUT2D eigenvalue weighted by Crippen LogP contribution is 2.43. The minimum atomic E-state index is -3.55. The largest absolute Gasteiger partial charge is 0.296 e. The predicted molar refractivity (Wildman–Crippen MR) is 89.2 cm³/mol. The summed E-state index contributed by atoms with van der Waals surface area (Å²) in [6, 6.07) is 3.53. The van der Waals surface area contributed by atoms with E-state index in [1.165, 1.54) is 49.2 Å². The zero-order chi connectivity index (χ0) is 14.9. The lowest BCUT2D eigenvalue weighted by Crippen LogP contribution is -2.47. The van der Waals surface area contributed by atoms with Crippen molar-refractivity contribution in [1.29, 1.82) is 0 Å². The highest BCUT2D eigenvalue weighted by molar-refractivity contribution is 8.00. The summed E-state index contributed by atoms with van der Waals surface area (Å²) >= 11 is 3.46. The number of nitrogens with two attached hydrogens (primary N) is 1. The van der Waals surface area contributed by atoms with Gasteiger partial charge in [-0.05, 0) is 25.0 Å². The molecule has 1 saturated heterocycles. The van der Waals surface area contributed by atoms with Gasteiger partial charge in [-0.2, -0.15) is 11.8 Å². The molecule has 2 N–H and O–H groups in total. The lowest BCUT2D eigenvalue weighted by molar-refractivity contribution is 0.214. The van der Waals surface area contributed by atoms with Gasteiger partial charge in [-0.25, -0.2) is 13.6 Å². The number of nitrogens with zero attached hydrogens (tertiary/aromatic N) is 1. The molecule has 0 bridgehead atoms. The molecule has 21 heavy (non-hydrogen) atoms. The number of sulfonamides is 1. The van der Waals surface area contributed by atoms with Gasteiger partial charge in [-0.1, -0.05) is 19.3 Å². The Hall–Kier alpha value is -0.0800. The Labute approximate surface area is 135 Å². The molecule has 1 spiro atoms. The summed E-state index contributed by atoms with van der Waals surface area (Å²) < 4.78 is 23.4. The topological polar surface area (TPSA) is 63.4 Å². The van der Waals surface area contributed by atoms with Gasteiger partial charge in [-0.15, -0.1) is 11.3 Å². The molecule has 1 aliphatic heterocycles. The van der Waals surface area contributed by atoms with E-state index in [0.717, 1.165) is 24.5 Å². The van der Waals surface area contributed by atoms with Crippen LogP contribution in [-0.4, -0.2) is 36.9 Å². The lowest BCUT2D eigenvalue weighted by Gasteiger charge is -2.44. The second-order valence-corrected chi connectivity index (χ2v) is 10.6. The maximum atomic E-state index is 11.4. The summed E-state index contributed by atoms with van der Waals surface area (Å²) in [7, 11) is -3.55. The second kappa shape index (κ2) is 6.20. The SMILES string of the molecule is NS(=O)(=O)c1ccc(CN2CCSC3(CCCCC3)C2)s1. The van der Waals surface area contributed by atoms with E-state index in [4.69, 9.17) is 5.14 Å². The first-order valence-corrected chi connectivity index (χ1v) is 10.8. The second-order valence-electron chi connectivity index (χ2n) is 6.07. The van der Waals surface area contributed by atoms with Crippen LogP contribution in [0.3, 0.4) is 0 Å². The van der Waals surface area contributed by atoms with Gasteiger partial charge in [0.25, 0.3) is 0 Å². The minimum Gasteiger partial charge on any atom is -0.296 e. The summed E-state index contributed by atoms with van der Waals surface area (Å²) in [6.45, 7) is 3.08. The fourth-order valence-electron chi connectivity index (χ4n) is 3.37. The Morgan fingerprint density at radius 1 is 1.24 bits per heavy atom. The van der Waals surface area contributed by atoms with Crippen LogP contribution in [0.5, 0.6) is 0 Å². The molecular formula is C14H22N2O2S3. The first-order chi connectivity index (χ1) is 9.97. The number of thiophene rings is 1. The number of hydrogen-bond donors (Lipinski definition) is 1. The zero-order valence-electron chi connectivity index (χ0n) is 12.1. The van der Waals surface area contributed by atoms with Crippen LogP contribution in [0, 0.1) is 0 Å². The Bertz CT molecular complexity index is 586. The third-order valence-electron chi connectivity index (χ3n) is 4.39. The smallest absolute Gasteiger partial charge is 0.247 e. The molecule has 0 amide bonds. The first kappa shape index (κ1) is 15.8. The van der Waals surface area contributed by atoms with E-state index < -0.39 is 10.0 Å². The average Bonchev–Trinajstić information content (AvgIpc) is 2.88. The minimum absolute atomic E-state index is 0.274. The van der Waals surface area contributed by atoms with E-state index in [0.29, 0.717) is 4.75 Å². The molecule has 1 aromatic heterocycles. The van der Waals surface area contributed by atoms with E-state index in [2.05, 4.69) is 16.7 Å². The summed E-state index contributed by atoms with van der Waals surface area (Å²) in [5.74, 6) is 1.19. The van der Waals surface area contributed by atoms with Gasteiger partial charge >= 0.3 is 0 Å². The van der Waals surface area contributed by atoms with Crippen molar-refractivity contribution >= 4 is 33.1 Å². The van der Waals surface area contributed by atoms with Crippen LogP contribution in [0.1, 0.15) is 37.0 Å². The molecule has 0 aromatic carbocycles. The van der Waals surface area contributed by atoms with Crippen LogP contribution in [0.4, 0.5) is 0 Å². The molecule has 2 heterocycles. The van der Waals surface area contributed by atoms with Crippen molar-refractivity contribution in [2.45, 2.75) is 47.6 Å². The van der Waals surface area contributed by atoms with Crippen LogP contribution >= 0.6 is 23.1 Å². The van der Waals surface area contributed by atoms with Crippen LogP contribution < -0.4 is 5.14 Å². The van der Waals surface area contributed by atoms with Crippen molar-refractivity contribution in [1.82, 2.24) is 4.90 Å². The average molecular weight is 347 g/mol. The van der Waals surface area contributed by atoms with Gasteiger partial charge in [0.1, 0.15) is 4.21 Å². The predicted octanol–water partition coefficient (Wildman–Crippen LogP) is 2.65. The number of rotatable bonds is 3. The number of hydrogen-bond acceptors (Lipinski definition) is 5. The van der Waals surface area contributed by atoms with E-state index in [1.807, 2.05) is 6.07 Å². The Balaban J connectivity index is 1.66. The third kappa shape index (κ3) is 3.82. The molecule has 0 radical (unpaired) electrons. The number of primary sulfonamides is 1. The van der Waals surface area contributed by atoms with Gasteiger partial charge in [0.05, 0.1) is 0 Å². The molecular weight excluding hydrogens is 324 g/mol. The standard InChI is InChI=1S/C14H22N2O2S3/c15-21(17,18)13-5-4-12(20-13)10-16-8-9-19-14(11-16)6-2-1-3-7-14/h4-5H,1-3,6-11H2,(H2,15,17,18). The van der Waals surface area contributed by atoms with Gasteiger partial charge < -0.3 is 0 Å². The van der Waals surface area contributed by atoms with Crippen molar-refractivity contribution in [2.24, 2.45) is 5.14 Å². The molecule has 0 atom stereocenters. The van der Waals surface area contributed by atoms with Gasteiger partial charge in [-0.3, -0.25) is 4.90 Å². The quantitative estimate of drug-likeness (QED) is 0.914. The van der Waals surface area contributed by atoms with Crippen molar-refractivity contribution < 1.29 is 8.42 Å². The third-order valence-corrected chi connectivity index (χ3v) is 8.43. The van der Waals surface area contributed by atoms with Crippen LogP contribution in [-0.2, 0) is 16.6 Å². The monoisotopic (exact) mass is 346 g/mol. The Morgan fingerprint density at radius 2 is 2.00 bits per heavy atom. The normalized spacial score (nSPS) is 23.5. The molecule has 2 aliphatic rings. The molecule has 4 nitrogen and oxygen atoms in total. The van der Waals surface area contributed by atoms with E-state index in [1.54, 1.807) is 6.07 Å². The summed E-state index contributed by atoms with van der Waals surface area (Å²) in [5.41, 5.74) is 0. The molecule has 0 unspecified atom stereocenters. The van der Waals surface area contributed by atoms with Crippen molar-refractivity contribution in [3.8, 4) is 0 Å². The molecule has 3 rings (SSSR count). The molecule has 118 valence electrons. The Kier molecular flexibility index (Phi) is 4.66. The van der Waals surface area contributed by atoms with E-state index in [-0.39, 0.29) is 4.21 Å². The van der Waals surface area contributed by atoms with E-state index >= 15 is 0 Å². The van der Waals surface area contributed by atoms with Gasteiger partial charge in [0, 0.05) is 35.0 Å². The molecule has 1 aromatic rings. The molecule has 1 saturated carbocycles. The maximum Gasteiger partial charge on any atom is 0.247 e. The van der Waals surface area contributed by atoms with Gasteiger partial charge in [0.2, 0.25) is 10.0 Å². The summed E-state index contributed by atoms with van der Waals surface area (Å²) in [6.07, 6.45) is 6.76. The first-order valence-electron chi connectivity index (χ1n) is 7.45. The molecule has 2 fully saturated rings. The fourth-order valence-corrected chi connectivity index (χ4v) is 6.83. The summed E-state index contributed by atoms with van der Waals surface area (Å²) in [4.78, 5) is 3.58. The van der Waals surface area contributed by atoms with E-state index in [9.17, 15) is 8.42 Å². The number of thioether (sulfide) groups is 1. The molecule has 1 aliphatic carbocycles. The molecule has 7 heteroatoms. The van der Waals surface area contributed by atoms with Gasteiger partial charge in [0.15, 0.2) is 0 Å². The lowest BCUT2D eigenvalue weighted by atomic mass is 9.87. The van der Waals surface area contributed by atoms with Crippen molar-refractivity contribution in [3.63, 3.8) is 0 Å². The zero-order valence-corrected chi connectivity index (χ0v) is 14.5. The highest BCUT2D eigenvalue weighted by Gasteiger charge is 2.37. The highest BCUT2D eigenvalue weighted by atomic mass is 32.2. The summed E-state index contributed by atoms with van der Waals surface area (Å²) in [5, 5.41) is 5.18. The Morgan fingerprint density at radius 3 is 2.67 bits per heavy atom. The van der Waals surface area contributed by atoms with Crippen LogP contribution in [0.2, 0.25) is 0 Å². The van der Waals surface area contributed by atoms with Crippen LogP contribution in [0.25, 0.3) is 0 Å². The van der Waals surface area contributed by atoms with Crippen LogP contribution in [0.15, 0.2) is 16.3 Å². The van der Waals surface area contributed by atoms with Crippen molar-refractivity contribution in [3.05, 3.63) is 17.0 Å². The van der Waals surface area contributed by atoms with Crippen molar-refractivity contribution in [2.75, 3.05) is 18.8 Å².